The van der Waals surface area contributed by atoms with Crippen LogP contribution < -0.4 is 0 Å². The second kappa shape index (κ2) is 20.5. The van der Waals surface area contributed by atoms with Crippen LogP contribution in [0.4, 0.5) is 0 Å². The van der Waals surface area contributed by atoms with Gasteiger partial charge in [0.2, 0.25) is 0 Å². The average Bonchev–Trinajstić information content (AvgIpc) is 2.69. The Balaban J connectivity index is 4.26. The Morgan fingerprint density at radius 2 is 0.821 bits per heavy atom. The lowest BCUT2D eigenvalue weighted by molar-refractivity contribution is 0.294. The van der Waals surface area contributed by atoms with Gasteiger partial charge >= 0.3 is 0 Å². The topological polar surface area (TPSA) is 0 Å². The molecule has 0 aromatic rings. The Kier molecular flexibility index (Phi) is 20.6. The quantitative estimate of drug-likeness (QED) is 0.123. The molecule has 170 valence electrons. The highest BCUT2D eigenvalue weighted by molar-refractivity contribution is 6.15. The fourth-order valence-corrected chi connectivity index (χ4v) is 5.81. The monoisotopic (exact) mass is 410 g/mol. The molecule has 0 saturated carbocycles. The summed E-state index contributed by atoms with van der Waals surface area (Å²) >= 11 is 0. The van der Waals surface area contributed by atoms with Crippen LogP contribution in [0.25, 0.3) is 0 Å². The fraction of sp³-hybridized carbons (Fsp3) is 1.00. The second-order valence-electron chi connectivity index (χ2n) is 10.1. The van der Waals surface area contributed by atoms with Crippen LogP contribution in [0.3, 0.4) is 0 Å². The summed E-state index contributed by atoms with van der Waals surface area (Å²) in [4.78, 5) is 0. The highest BCUT2D eigenvalue weighted by atomic mass is 28.1. The molecule has 0 fully saturated rings. The molecule has 0 radical (unpaired) electrons. The van der Waals surface area contributed by atoms with Gasteiger partial charge in [0.15, 0.2) is 0 Å². The van der Waals surface area contributed by atoms with Crippen LogP contribution >= 0.6 is 0 Å². The van der Waals surface area contributed by atoms with Crippen LogP contribution in [-0.2, 0) is 0 Å². The molecule has 0 aromatic heterocycles. The van der Waals surface area contributed by atoms with Crippen molar-refractivity contribution in [3.8, 4) is 0 Å². The maximum Gasteiger partial charge on any atom is 0.0110 e. The molecule has 0 aromatic carbocycles. The van der Waals surface area contributed by atoms with Crippen molar-refractivity contribution in [3.63, 3.8) is 0 Å². The first-order valence-corrected chi connectivity index (χ1v) is 14.6. The lowest BCUT2D eigenvalue weighted by atomic mass is 9.80. The van der Waals surface area contributed by atoms with E-state index in [4.69, 9.17) is 0 Å². The molecule has 0 bridgehead atoms. The van der Waals surface area contributed by atoms with E-state index >= 15 is 0 Å². The zero-order chi connectivity index (χ0) is 20.9. The number of rotatable bonds is 22. The van der Waals surface area contributed by atoms with E-state index in [9.17, 15) is 0 Å². The summed E-state index contributed by atoms with van der Waals surface area (Å²) in [6, 6.07) is 0. The molecule has 0 aliphatic carbocycles. The maximum absolute atomic E-state index is 2.62. The predicted molar refractivity (Wildman–Crippen MR) is 136 cm³/mol. The molecule has 0 amide bonds. The van der Waals surface area contributed by atoms with Gasteiger partial charge in [-0.3, -0.25) is 0 Å². The third-order valence-corrected chi connectivity index (χ3v) is 9.37. The van der Waals surface area contributed by atoms with Gasteiger partial charge in [-0.15, -0.1) is 0 Å². The molecule has 1 unspecified atom stereocenters. The van der Waals surface area contributed by atoms with Gasteiger partial charge in [-0.1, -0.05) is 163 Å². The third-order valence-electron chi connectivity index (χ3n) is 7.38. The van der Waals surface area contributed by atoms with E-state index in [-0.39, 0.29) is 0 Å². The lowest BCUT2D eigenvalue weighted by Gasteiger charge is -2.37. The van der Waals surface area contributed by atoms with E-state index in [1.807, 2.05) is 0 Å². The highest BCUT2D eigenvalue weighted by Crippen LogP contribution is 2.45. The summed E-state index contributed by atoms with van der Waals surface area (Å²) in [5, 5.41) is 0.735. The molecule has 0 aliphatic heterocycles. The zero-order valence-corrected chi connectivity index (χ0v) is 22.9. The second-order valence-corrected chi connectivity index (χ2v) is 12.1. The van der Waals surface area contributed by atoms with Gasteiger partial charge in [0.05, 0.1) is 0 Å². The molecule has 0 rings (SSSR count). The van der Waals surface area contributed by atoms with Crippen molar-refractivity contribution in [1.82, 2.24) is 0 Å². The van der Waals surface area contributed by atoms with Gasteiger partial charge in [0.1, 0.15) is 0 Å². The average molecular weight is 411 g/mol. The SMILES string of the molecule is CCCCCCCCC(C)C([SiH3])(CCCCCCCC)CCCCCCCC. The molecule has 28 heavy (non-hydrogen) atoms. The standard InChI is InChI=1S/C27H58Si/c1-5-8-11-14-17-20-23-26(4)27(28,24-21-18-15-12-9-6-2)25-22-19-16-13-10-7-3/h26H,5-25H2,1-4,28H3. The molecule has 0 N–H and O–H groups in total. The summed E-state index contributed by atoms with van der Waals surface area (Å²) in [5.41, 5.74) is 0. The Morgan fingerprint density at radius 1 is 0.500 bits per heavy atom. The van der Waals surface area contributed by atoms with Gasteiger partial charge in [-0.05, 0) is 11.0 Å². The van der Waals surface area contributed by atoms with Crippen molar-refractivity contribution in [3.05, 3.63) is 0 Å². The van der Waals surface area contributed by atoms with Crippen LogP contribution in [0.5, 0.6) is 0 Å². The van der Waals surface area contributed by atoms with Crippen molar-refractivity contribution in [2.45, 2.75) is 168 Å². The van der Waals surface area contributed by atoms with Crippen molar-refractivity contribution >= 4 is 10.2 Å². The van der Waals surface area contributed by atoms with Gasteiger partial charge in [0.25, 0.3) is 0 Å². The van der Waals surface area contributed by atoms with E-state index in [0.717, 1.165) is 11.0 Å². The molecule has 0 aliphatic rings. The number of hydrogen-bond donors (Lipinski definition) is 0. The van der Waals surface area contributed by atoms with Crippen molar-refractivity contribution in [1.29, 1.82) is 0 Å². The lowest BCUT2D eigenvalue weighted by Crippen LogP contribution is -2.22. The first-order chi connectivity index (χ1) is 13.6. The molecule has 0 spiro atoms. The largest absolute Gasteiger partial charge is 0.0654 e. The van der Waals surface area contributed by atoms with Crippen LogP contribution in [-0.4, -0.2) is 10.2 Å². The van der Waals surface area contributed by atoms with Crippen molar-refractivity contribution in [2.75, 3.05) is 0 Å². The predicted octanol–water partition coefficient (Wildman–Crippen LogP) is 9.40. The molecular formula is C27H58Si. The van der Waals surface area contributed by atoms with Crippen molar-refractivity contribution in [2.24, 2.45) is 5.92 Å². The van der Waals surface area contributed by atoms with Crippen LogP contribution in [0, 0.1) is 5.92 Å². The van der Waals surface area contributed by atoms with E-state index in [0.29, 0.717) is 0 Å². The zero-order valence-electron chi connectivity index (χ0n) is 20.9. The molecule has 0 nitrogen and oxygen atoms in total. The fourth-order valence-electron chi connectivity index (χ4n) is 4.82. The third kappa shape index (κ3) is 16.1. The van der Waals surface area contributed by atoms with E-state index in [1.165, 1.54) is 145 Å². The van der Waals surface area contributed by atoms with E-state index < -0.39 is 0 Å². The first kappa shape index (κ1) is 28.2. The summed E-state index contributed by atoms with van der Waals surface area (Å²) in [5.74, 6) is 0.969. The molecule has 0 heterocycles. The normalized spacial score (nSPS) is 13.3. The van der Waals surface area contributed by atoms with Gasteiger partial charge in [0, 0.05) is 10.2 Å². The van der Waals surface area contributed by atoms with E-state index in [2.05, 4.69) is 27.7 Å². The molecule has 1 heteroatoms. The van der Waals surface area contributed by atoms with Crippen LogP contribution in [0.15, 0.2) is 0 Å². The summed E-state index contributed by atoms with van der Waals surface area (Å²) in [6.07, 6.45) is 30.8. The number of hydrogen-bond acceptors (Lipinski definition) is 0. The minimum absolute atomic E-state index is 0.735. The molecule has 1 atom stereocenters. The van der Waals surface area contributed by atoms with Gasteiger partial charge in [-0.2, -0.15) is 0 Å². The van der Waals surface area contributed by atoms with Crippen molar-refractivity contribution < 1.29 is 0 Å². The smallest absolute Gasteiger partial charge is 0.0110 e. The van der Waals surface area contributed by atoms with Gasteiger partial charge in [-0.25, -0.2) is 0 Å². The van der Waals surface area contributed by atoms with Crippen LogP contribution in [0.1, 0.15) is 163 Å². The van der Waals surface area contributed by atoms with E-state index in [1.54, 1.807) is 0 Å². The molecular weight excluding hydrogens is 352 g/mol. The Labute approximate surface area is 183 Å². The summed E-state index contributed by atoms with van der Waals surface area (Å²) in [6.45, 7) is 9.59. The summed E-state index contributed by atoms with van der Waals surface area (Å²) < 4.78 is 0. The first-order valence-electron chi connectivity index (χ1n) is 13.6. The Bertz CT molecular complexity index is 283. The van der Waals surface area contributed by atoms with Gasteiger partial charge < -0.3 is 0 Å². The minimum atomic E-state index is 0.735. The Morgan fingerprint density at radius 3 is 1.21 bits per heavy atom. The number of unbranched alkanes of at least 4 members (excludes halogenated alkanes) is 15. The summed E-state index contributed by atoms with van der Waals surface area (Å²) in [7, 11) is 1.41. The Hall–Kier alpha value is 0.217. The minimum Gasteiger partial charge on any atom is -0.0654 e. The highest BCUT2D eigenvalue weighted by Gasteiger charge is 2.29. The molecule has 0 saturated heterocycles. The maximum atomic E-state index is 2.62. The van der Waals surface area contributed by atoms with Crippen LogP contribution in [0.2, 0.25) is 5.04 Å².